The standard InChI is InChI=1S/C19H17ClF5N5O2/c1-2-12(21)14-8-30(17-13(22)6-11(20)7-27-17)18(32)29(14)9-16(31)28-15-5-10(3-4-26-15)19(23,24)25/h3-7,12,14H,2,8-9H2,1H3,(H,26,28,31)/t12-,14+/m0/s1. The Labute approximate surface area is 184 Å². The number of rotatable bonds is 6. The van der Waals surface area contributed by atoms with Crippen molar-refractivity contribution < 1.29 is 31.5 Å². The molecule has 3 rings (SSSR count). The Balaban J connectivity index is 1.80. The van der Waals surface area contributed by atoms with Crippen LogP contribution in [-0.4, -0.2) is 52.1 Å². The SMILES string of the molecule is CC[C@H](F)[C@H]1CN(c2ncc(Cl)cc2F)C(=O)N1CC(=O)Nc1cc(C(F)(F)F)ccn1. The van der Waals surface area contributed by atoms with Crippen molar-refractivity contribution in [3.05, 3.63) is 47.0 Å². The number of nitrogens with zero attached hydrogens (tertiary/aromatic N) is 4. The summed E-state index contributed by atoms with van der Waals surface area (Å²) in [6.45, 7) is 0.561. The maximum Gasteiger partial charge on any atom is 0.416 e. The van der Waals surface area contributed by atoms with Crippen LogP contribution in [0.5, 0.6) is 0 Å². The van der Waals surface area contributed by atoms with Crippen molar-refractivity contribution in [1.82, 2.24) is 14.9 Å². The number of carbonyl (C=O) groups excluding carboxylic acids is 2. The Morgan fingerprint density at radius 3 is 2.69 bits per heavy atom. The van der Waals surface area contributed by atoms with Crippen LogP contribution in [0, 0.1) is 5.82 Å². The first-order valence-electron chi connectivity index (χ1n) is 9.37. The summed E-state index contributed by atoms with van der Waals surface area (Å²) in [6, 6.07) is 0.311. The third-order valence-corrected chi connectivity index (χ3v) is 4.97. The highest BCUT2D eigenvalue weighted by molar-refractivity contribution is 6.30. The van der Waals surface area contributed by atoms with E-state index in [2.05, 4.69) is 15.3 Å². The van der Waals surface area contributed by atoms with Crippen molar-refractivity contribution in [2.24, 2.45) is 0 Å². The number of hydrogen-bond acceptors (Lipinski definition) is 4. The number of nitrogens with one attached hydrogen (secondary N) is 1. The fourth-order valence-electron chi connectivity index (χ4n) is 3.22. The molecule has 1 fully saturated rings. The van der Waals surface area contributed by atoms with Crippen LogP contribution in [0.3, 0.4) is 0 Å². The van der Waals surface area contributed by atoms with E-state index in [1.807, 2.05) is 0 Å². The molecule has 0 spiro atoms. The molecule has 7 nitrogen and oxygen atoms in total. The second-order valence-electron chi connectivity index (χ2n) is 6.95. The van der Waals surface area contributed by atoms with E-state index in [1.54, 1.807) is 0 Å². The molecule has 32 heavy (non-hydrogen) atoms. The molecule has 0 saturated carbocycles. The molecule has 1 aliphatic rings. The van der Waals surface area contributed by atoms with Crippen LogP contribution < -0.4 is 10.2 Å². The zero-order chi connectivity index (χ0) is 23.6. The summed E-state index contributed by atoms with van der Waals surface area (Å²) in [5.74, 6) is -2.57. The van der Waals surface area contributed by atoms with E-state index in [-0.39, 0.29) is 29.6 Å². The van der Waals surface area contributed by atoms with Crippen LogP contribution in [0.2, 0.25) is 5.02 Å². The van der Waals surface area contributed by atoms with E-state index in [0.717, 1.165) is 34.3 Å². The molecule has 0 radical (unpaired) electrons. The number of anilines is 2. The smallest absolute Gasteiger partial charge is 0.309 e. The molecule has 3 amide bonds. The lowest BCUT2D eigenvalue weighted by Crippen LogP contribution is -2.44. The van der Waals surface area contributed by atoms with Gasteiger partial charge in [0.25, 0.3) is 0 Å². The van der Waals surface area contributed by atoms with Crippen LogP contribution in [0.4, 0.5) is 38.4 Å². The van der Waals surface area contributed by atoms with Gasteiger partial charge in [-0.15, -0.1) is 0 Å². The van der Waals surface area contributed by atoms with E-state index in [0.29, 0.717) is 6.07 Å². The highest BCUT2D eigenvalue weighted by Crippen LogP contribution is 2.31. The van der Waals surface area contributed by atoms with Crippen LogP contribution in [-0.2, 0) is 11.0 Å². The lowest BCUT2D eigenvalue weighted by Gasteiger charge is -2.24. The molecule has 0 unspecified atom stereocenters. The maximum atomic E-state index is 14.6. The third-order valence-electron chi connectivity index (χ3n) is 4.77. The summed E-state index contributed by atoms with van der Waals surface area (Å²) >= 11 is 5.67. The Morgan fingerprint density at radius 2 is 2.06 bits per heavy atom. The summed E-state index contributed by atoms with van der Waals surface area (Å²) in [7, 11) is 0. The lowest BCUT2D eigenvalue weighted by molar-refractivity contribution is -0.137. The number of hydrogen-bond donors (Lipinski definition) is 1. The van der Waals surface area contributed by atoms with Gasteiger partial charge >= 0.3 is 12.2 Å². The molecule has 1 N–H and O–H groups in total. The molecule has 13 heteroatoms. The van der Waals surface area contributed by atoms with Crippen LogP contribution in [0.15, 0.2) is 30.6 Å². The van der Waals surface area contributed by atoms with Crippen molar-refractivity contribution in [2.45, 2.75) is 31.7 Å². The van der Waals surface area contributed by atoms with Crippen molar-refractivity contribution in [3.63, 3.8) is 0 Å². The molecule has 2 atom stereocenters. The minimum atomic E-state index is -4.64. The minimum Gasteiger partial charge on any atom is -0.309 e. The average Bonchev–Trinajstić information content (AvgIpc) is 3.03. The molecule has 0 bridgehead atoms. The van der Waals surface area contributed by atoms with Crippen molar-refractivity contribution >= 4 is 35.2 Å². The van der Waals surface area contributed by atoms with Gasteiger partial charge in [-0.05, 0) is 24.6 Å². The molecule has 0 aliphatic carbocycles. The topological polar surface area (TPSA) is 78.4 Å². The molecular formula is C19H17ClF5N5O2. The molecule has 2 aromatic rings. The van der Waals surface area contributed by atoms with Crippen molar-refractivity contribution in [1.29, 1.82) is 0 Å². The van der Waals surface area contributed by atoms with Gasteiger partial charge in [-0.25, -0.2) is 23.5 Å². The average molecular weight is 478 g/mol. The number of pyridine rings is 2. The number of carbonyl (C=O) groups is 2. The Morgan fingerprint density at radius 1 is 1.34 bits per heavy atom. The quantitative estimate of drug-likeness (QED) is 0.630. The number of halogens is 6. The third kappa shape index (κ3) is 5.06. The Kier molecular flexibility index (Phi) is 6.82. The zero-order valence-electron chi connectivity index (χ0n) is 16.5. The van der Waals surface area contributed by atoms with Gasteiger partial charge in [-0.1, -0.05) is 18.5 Å². The van der Waals surface area contributed by atoms with E-state index >= 15 is 0 Å². The highest BCUT2D eigenvalue weighted by Gasteiger charge is 2.44. The van der Waals surface area contributed by atoms with Crippen molar-refractivity contribution in [2.75, 3.05) is 23.3 Å². The van der Waals surface area contributed by atoms with Gasteiger partial charge in [-0.3, -0.25) is 9.69 Å². The Bertz CT molecular complexity index is 1020. The van der Waals surface area contributed by atoms with Gasteiger partial charge in [0.2, 0.25) is 5.91 Å². The second kappa shape index (κ2) is 9.23. The van der Waals surface area contributed by atoms with Gasteiger partial charge in [0.05, 0.1) is 23.2 Å². The Hall–Kier alpha value is -3.02. The van der Waals surface area contributed by atoms with Crippen LogP contribution in [0.25, 0.3) is 0 Å². The molecule has 2 aromatic heterocycles. The van der Waals surface area contributed by atoms with Gasteiger partial charge in [0.15, 0.2) is 11.6 Å². The monoisotopic (exact) mass is 477 g/mol. The van der Waals surface area contributed by atoms with Crippen LogP contribution >= 0.6 is 11.6 Å². The molecule has 3 heterocycles. The van der Waals surface area contributed by atoms with E-state index < -0.39 is 48.3 Å². The lowest BCUT2D eigenvalue weighted by atomic mass is 10.1. The predicted octanol–water partition coefficient (Wildman–Crippen LogP) is 4.29. The van der Waals surface area contributed by atoms with Crippen LogP contribution in [0.1, 0.15) is 18.9 Å². The number of aromatic nitrogens is 2. The summed E-state index contributed by atoms with van der Waals surface area (Å²) in [6.07, 6.45) is -4.19. The zero-order valence-corrected chi connectivity index (χ0v) is 17.3. The van der Waals surface area contributed by atoms with Gasteiger partial charge in [-0.2, -0.15) is 13.2 Å². The predicted molar refractivity (Wildman–Crippen MR) is 105 cm³/mol. The summed E-state index contributed by atoms with van der Waals surface area (Å²) < 4.78 is 67.3. The van der Waals surface area contributed by atoms with E-state index in [1.165, 1.54) is 6.92 Å². The number of alkyl halides is 4. The van der Waals surface area contributed by atoms with Crippen molar-refractivity contribution in [3.8, 4) is 0 Å². The summed E-state index contributed by atoms with van der Waals surface area (Å²) in [5.41, 5.74) is -1.02. The summed E-state index contributed by atoms with van der Waals surface area (Å²) in [5, 5.41) is 2.16. The minimum absolute atomic E-state index is 0.00352. The number of urea groups is 1. The first-order chi connectivity index (χ1) is 15.0. The van der Waals surface area contributed by atoms with E-state index in [9.17, 15) is 31.5 Å². The number of amides is 3. The van der Waals surface area contributed by atoms with Gasteiger partial charge < -0.3 is 10.2 Å². The normalized spacial score (nSPS) is 17.6. The first-order valence-corrected chi connectivity index (χ1v) is 9.75. The molecular weight excluding hydrogens is 461 g/mol. The van der Waals surface area contributed by atoms with E-state index in [4.69, 9.17) is 11.6 Å². The highest BCUT2D eigenvalue weighted by atomic mass is 35.5. The largest absolute Gasteiger partial charge is 0.416 e. The fraction of sp³-hybridized carbons (Fsp3) is 0.368. The first kappa shape index (κ1) is 23.6. The fourth-order valence-corrected chi connectivity index (χ4v) is 3.37. The molecule has 172 valence electrons. The van der Waals surface area contributed by atoms with Gasteiger partial charge in [0, 0.05) is 12.4 Å². The summed E-state index contributed by atoms with van der Waals surface area (Å²) in [4.78, 5) is 34.4. The molecule has 0 aromatic carbocycles. The molecule has 1 saturated heterocycles. The maximum absolute atomic E-state index is 14.6. The second-order valence-corrected chi connectivity index (χ2v) is 7.38. The van der Waals surface area contributed by atoms with Gasteiger partial charge in [0.1, 0.15) is 18.5 Å². The molecule has 1 aliphatic heterocycles.